The van der Waals surface area contributed by atoms with Crippen LogP contribution in [0.4, 0.5) is 11.6 Å². The van der Waals surface area contributed by atoms with Gasteiger partial charge in [-0.2, -0.15) is 4.98 Å². The topological polar surface area (TPSA) is 212 Å². The van der Waals surface area contributed by atoms with Gasteiger partial charge in [-0.25, -0.2) is 4.79 Å². The van der Waals surface area contributed by atoms with Crippen LogP contribution in [0, 0.1) is 0 Å². The number of benzene rings is 1. The van der Waals surface area contributed by atoms with E-state index in [0.29, 0.717) is 18.8 Å². The third kappa shape index (κ3) is 8.70. The van der Waals surface area contributed by atoms with Crippen LogP contribution in [0.2, 0.25) is 0 Å². The zero-order valence-corrected chi connectivity index (χ0v) is 20.4. The van der Waals surface area contributed by atoms with Gasteiger partial charge in [0, 0.05) is 24.2 Å². The van der Waals surface area contributed by atoms with E-state index >= 15 is 0 Å². The minimum absolute atomic E-state index is 0. The number of nitrogens with two attached hydrogens (primary N) is 1. The number of rotatable bonds is 9. The summed E-state index contributed by atoms with van der Waals surface area (Å²) < 4.78 is 0. The maximum Gasteiger partial charge on any atom is 0.326 e. The fraction of sp³-hybridized carbons (Fsp3) is 0.316. The maximum absolute atomic E-state index is 12.3. The smallest absolute Gasteiger partial charge is 0.326 e. The second-order valence-electron chi connectivity index (χ2n) is 7.00. The Morgan fingerprint density at radius 2 is 1.80 bits per heavy atom. The highest BCUT2D eigenvalue weighted by molar-refractivity contribution is 5.96. The van der Waals surface area contributed by atoms with Crippen LogP contribution < -0.4 is 32.8 Å². The number of anilines is 2. The Morgan fingerprint density at radius 3 is 2.40 bits per heavy atom. The summed E-state index contributed by atoms with van der Waals surface area (Å²) in [5.41, 5.74) is 6.14. The van der Waals surface area contributed by atoms with E-state index in [0.717, 1.165) is 0 Å². The largest absolute Gasteiger partial charge is 0.481 e. The first-order chi connectivity index (χ1) is 15.2. The predicted octanol–water partition coefficient (Wildman–Crippen LogP) is -0.601. The van der Waals surface area contributed by atoms with Crippen molar-refractivity contribution in [2.75, 3.05) is 24.1 Å². The number of nitrogen functional groups attached to an aromatic ring is 1. The zero-order valence-electron chi connectivity index (χ0n) is 18.0. The van der Waals surface area contributed by atoms with Gasteiger partial charge < -0.3 is 26.6 Å². The molecule has 2 atom stereocenters. The number of hydrogen-bond acceptors (Lipinski definition) is 9. The molecule has 0 saturated heterocycles. The number of carbonyl (C=O) groups excluding carboxylic acids is 1. The monoisotopic (exact) mass is 551 g/mol. The summed E-state index contributed by atoms with van der Waals surface area (Å²) in [6.07, 6.45) is -0.599. The Kier molecular flexibility index (Phi) is 12.7. The molecule has 0 spiro atoms. The molecule has 3 rings (SSSR count). The second-order valence-corrected chi connectivity index (χ2v) is 7.00. The van der Waals surface area contributed by atoms with Crippen LogP contribution in [0.1, 0.15) is 23.2 Å². The van der Waals surface area contributed by atoms with Crippen molar-refractivity contribution in [3.63, 3.8) is 0 Å². The molecule has 13 nitrogen and oxygen atoms in total. The van der Waals surface area contributed by atoms with Crippen molar-refractivity contribution in [3.05, 3.63) is 51.0 Å². The molecule has 1 aromatic heterocycles. The molecule has 1 aromatic carbocycles. The number of nitrogens with zero attached hydrogens (tertiary/aromatic N) is 3. The third-order valence-corrected chi connectivity index (χ3v) is 4.60. The van der Waals surface area contributed by atoms with Gasteiger partial charge in [0.2, 0.25) is 5.95 Å². The van der Waals surface area contributed by atoms with E-state index in [1.54, 1.807) is 12.1 Å². The number of carboxylic acid groups (broad SMARTS) is 2. The molecule has 0 saturated carbocycles. The number of fused-ring (bicyclic) bond motifs is 1. The van der Waals surface area contributed by atoms with Crippen LogP contribution in [-0.4, -0.2) is 63.2 Å². The second kappa shape index (κ2) is 14.1. The van der Waals surface area contributed by atoms with Gasteiger partial charge in [0.1, 0.15) is 6.04 Å². The van der Waals surface area contributed by atoms with E-state index in [2.05, 4.69) is 30.6 Å². The summed E-state index contributed by atoms with van der Waals surface area (Å²) in [7, 11) is 0. The van der Waals surface area contributed by atoms with Crippen molar-refractivity contribution in [1.29, 1.82) is 0 Å². The van der Waals surface area contributed by atoms with E-state index in [1.807, 2.05) is 0 Å². The number of aromatic nitrogens is 2. The van der Waals surface area contributed by atoms with Crippen LogP contribution in [0.3, 0.4) is 0 Å². The molecule has 1 aliphatic rings. The Balaban J connectivity index is 0.00000385. The quantitative estimate of drug-likeness (QED) is 0.234. The molecule has 16 heteroatoms. The minimum atomic E-state index is -1.31. The molecule has 1 amide bonds. The summed E-state index contributed by atoms with van der Waals surface area (Å²) in [6, 6.07) is 4.66. The first-order valence-electron chi connectivity index (χ1n) is 9.60. The molecule has 0 aliphatic carbocycles. The van der Waals surface area contributed by atoms with Gasteiger partial charge in [-0.1, -0.05) is 0 Å². The van der Waals surface area contributed by atoms with Crippen LogP contribution in [0.15, 0.2) is 39.0 Å². The molecule has 1 unspecified atom stereocenters. The van der Waals surface area contributed by atoms with Crippen molar-refractivity contribution in [1.82, 2.24) is 15.3 Å². The fourth-order valence-electron chi connectivity index (χ4n) is 2.97. The summed E-state index contributed by atoms with van der Waals surface area (Å²) in [5.74, 6) is -3.10. The molecule has 192 valence electrons. The highest BCUT2D eigenvalue weighted by Crippen LogP contribution is 2.11. The molecule has 0 fully saturated rings. The lowest BCUT2D eigenvalue weighted by molar-refractivity contribution is -0.140. The third-order valence-electron chi connectivity index (χ3n) is 4.60. The molecule has 0 bridgehead atoms. The molecular formula is C19H24Cl3N7O6. The lowest BCUT2D eigenvalue weighted by Gasteiger charge is -2.15. The van der Waals surface area contributed by atoms with E-state index < -0.39 is 29.4 Å². The molecule has 35 heavy (non-hydrogen) atoms. The van der Waals surface area contributed by atoms with Crippen molar-refractivity contribution < 1.29 is 24.6 Å². The number of nitrogens with one attached hydrogen (secondary N) is 3. The van der Waals surface area contributed by atoms with Gasteiger partial charge >= 0.3 is 11.9 Å². The Morgan fingerprint density at radius 1 is 1.14 bits per heavy atom. The zero-order chi connectivity index (χ0) is 23.3. The fourth-order valence-corrected chi connectivity index (χ4v) is 2.97. The van der Waals surface area contributed by atoms with Gasteiger partial charge in [0.25, 0.3) is 11.5 Å². The highest BCUT2D eigenvalue weighted by Gasteiger charge is 2.21. The molecule has 2 aromatic rings. The van der Waals surface area contributed by atoms with E-state index in [1.165, 1.54) is 12.1 Å². The highest BCUT2D eigenvalue weighted by atomic mass is 35.5. The Labute approximate surface area is 216 Å². The number of aromatic amines is 1. The van der Waals surface area contributed by atoms with Gasteiger partial charge in [-0.3, -0.25) is 29.4 Å². The standard InChI is InChI=1S/C19H21N7O6.3ClH/c20-19-25-15-14(17(30)26-19)23-11(8-22-15)7-21-10-3-1-9(2-4-10)16(29)24-12(18(31)32)5-6-13(27)28;;;/h1-4,11-12,21H,5-8H2,(H,24,29)(H,27,28)(H,31,32)(H3,20,22,25,26,30);3*1H/t11?,12-;;;/m0.../s1. The first-order valence-corrected chi connectivity index (χ1v) is 9.60. The van der Waals surface area contributed by atoms with E-state index in [-0.39, 0.29) is 78.5 Å². The van der Waals surface area contributed by atoms with Gasteiger partial charge in [-0.05, 0) is 30.7 Å². The van der Waals surface area contributed by atoms with E-state index in [4.69, 9.17) is 15.9 Å². The van der Waals surface area contributed by atoms with Crippen LogP contribution in [0.5, 0.6) is 0 Å². The number of carbonyl (C=O) groups is 3. The minimum Gasteiger partial charge on any atom is -0.481 e. The van der Waals surface area contributed by atoms with Crippen molar-refractivity contribution >= 4 is 66.7 Å². The van der Waals surface area contributed by atoms with Crippen LogP contribution in [0.25, 0.3) is 0 Å². The Hall–Kier alpha value is -3.42. The van der Waals surface area contributed by atoms with Gasteiger partial charge in [-0.15, -0.1) is 37.2 Å². The van der Waals surface area contributed by atoms with Gasteiger partial charge in [0.15, 0.2) is 10.8 Å². The molecule has 7 N–H and O–H groups in total. The summed E-state index contributed by atoms with van der Waals surface area (Å²) in [5, 5.41) is 23.4. The van der Waals surface area contributed by atoms with E-state index in [9.17, 15) is 19.2 Å². The molecule has 2 heterocycles. The van der Waals surface area contributed by atoms with Crippen LogP contribution >= 0.6 is 37.2 Å². The number of hydrogen-bond donors (Lipinski definition) is 6. The maximum atomic E-state index is 12.3. The number of amides is 1. The van der Waals surface area contributed by atoms with Crippen molar-refractivity contribution in [3.8, 4) is 0 Å². The average molecular weight is 553 g/mol. The summed E-state index contributed by atoms with van der Waals surface area (Å²) in [6.45, 7) is 0.692. The average Bonchev–Trinajstić information content (AvgIpc) is 2.75. The molecule has 0 radical (unpaired) electrons. The SMILES string of the molecule is Cl.Cl.Cl.Nc1nc2c(c(=O)[nH]1)=NC(CNc1ccc(C(=O)N[C@@H](CCC(=O)O)C(=O)O)cc1)CN=2. The first kappa shape index (κ1) is 31.6. The lowest BCUT2D eigenvalue weighted by atomic mass is 10.1. The normalized spacial score (nSPS) is 14.1. The number of halogens is 3. The van der Waals surface area contributed by atoms with Crippen LogP contribution in [-0.2, 0) is 9.59 Å². The van der Waals surface area contributed by atoms with Crippen molar-refractivity contribution in [2.45, 2.75) is 24.9 Å². The summed E-state index contributed by atoms with van der Waals surface area (Å²) in [4.78, 5) is 61.0. The number of carboxylic acids is 2. The number of aliphatic carboxylic acids is 2. The van der Waals surface area contributed by atoms with Gasteiger partial charge in [0.05, 0.1) is 12.6 Å². The van der Waals surface area contributed by atoms with Crippen molar-refractivity contribution in [2.24, 2.45) is 9.98 Å². The molecule has 1 aliphatic heterocycles. The lowest BCUT2D eigenvalue weighted by Crippen LogP contribution is -2.48. The molecular weight excluding hydrogens is 529 g/mol. The summed E-state index contributed by atoms with van der Waals surface area (Å²) >= 11 is 0. The Bertz CT molecular complexity index is 1220. The number of H-pyrrole nitrogens is 1. The predicted molar refractivity (Wildman–Crippen MR) is 133 cm³/mol.